The molecule has 0 saturated carbocycles. The van der Waals surface area contributed by atoms with Crippen molar-refractivity contribution in [3.05, 3.63) is 71.8 Å². The molecule has 0 aliphatic rings. The second kappa shape index (κ2) is 24.5. The van der Waals surface area contributed by atoms with Gasteiger partial charge in [-0.15, -0.1) is 0 Å². The van der Waals surface area contributed by atoms with Crippen molar-refractivity contribution in [3.63, 3.8) is 0 Å². The largest absolute Gasteiger partial charge is 2.00 e. The predicted molar refractivity (Wildman–Crippen MR) is 178 cm³/mol. The van der Waals surface area contributed by atoms with Crippen molar-refractivity contribution in [1.29, 1.82) is 0 Å². The molecule has 0 amide bonds. The van der Waals surface area contributed by atoms with Gasteiger partial charge in [0, 0.05) is 10.8 Å². The maximum atomic E-state index is 11.5. The Balaban J connectivity index is 0.000000802. The molecule has 0 aliphatic carbocycles. The van der Waals surface area contributed by atoms with Crippen molar-refractivity contribution < 1.29 is 19.8 Å². The SMILES string of the molecule is CCCCCCCCCCC(C)(C(=O)[O-])c1ccccc1.CCCCCCCCCCC(C)(C(=O)[O-])c1ccccc1.[Mg+2]. The molecule has 43 heavy (non-hydrogen) atoms. The molecule has 4 nitrogen and oxygen atoms in total. The minimum Gasteiger partial charge on any atom is -0.549 e. The first-order valence-corrected chi connectivity index (χ1v) is 16.8. The molecule has 236 valence electrons. The van der Waals surface area contributed by atoms with E-state index < -0.39 is 22.8 Å². The molecule has 0 aliphatic heterocycles. The predicted octanol–water partition coefficient (Wildman–Crippen LogP) is 8.07. The minimum absolute atomic E-state index is 0. The summed E-state index contributed by atoms with van der Waals surface area (Å²) in [6.07, 6.45) is 20.9. The summed E-state index contributed by atoms with van der Waals surface area (Å²) >= 11 is 0. The van der Waals surface area contributed by atoms with Crippen LogP contribution in [0.3, 0.4) is 0 Å². The molecule has 0 saturated heterocycles. The average Bonchev–Trinajstić information content (AvgIpc) is 3.00. The second-order valence-corrected chi connectivity index (χ2v) is 12.4. The van der Waals surface area contributed by atoms with E-state index in [4.69, 9.17) is 0 Å². The van der Waals surface area contributed by atoms with E-state index in [2.05, 4.69) is 13.8 Å². The second-order valence-electron chi connectivity index (χ2n) is 12.4. The van der Waals surface area contributed by atoms with Gasteiger partial charge in [0.2, 0.25) is 0 Å². The van der Waals surface area contributed by atoms with Crippen LogP contribution in [-0.4, -0.2) is 35.0 Å². The molecule has 2 aromatic carbocycles. The monoisotopic (exact) mass is 602 g/mol. The van der Waals surface area contributed by atoms with Gasteiger partial charge in [0.15, 0.2) is 0 Å². The van der Waals surface area contributed by atoms with E-state index >= 15 is 0 Å². The van der Waals surface area contributed by atoms with Gasteiger partial charge in [-0.05, 0) is 24.0 Å². The van der Waals surface area contributed by atoms with E-state index in [1.807, 2.05) is 60.7 Å². The fraction of sp³-hybridized carbons (Fsp3) is 0.632. The smallest absolute Gasteiger partial charge is 0.549 e. The standard InChI is InChI=1S/2C19H30O2.Mg/c2*1-3-4-5-6-7-8-9-13-16-19(2,18(20)21)17-14-11-10-12-15-17;/h2*10-12,14-15H,3-9,13,16H2,1-2H3,(H,20,21);/q;;+2/p-2. The summed E-state index contributed by atoms with van der Waals surface area (Å²) in [5, 5.41) is 23.1. The van der Waals surface area contributed by atoms with Crippen LogP contribution in [0.1, 0.15) is 154 Å². The number of unbranched alkanes of at least 4 members (excludes halogenated alkanes) is 14. The number of carbonyl (C=O) groups excluding carboxylic acids is 2. The molecule has 2 rings (SSSR count). The van der Waals surface area contributed by atoms with Crippen LogP contribution in [0.15, 0.2) is 60.7 Å². The molecule has 0 bridgehead atoms. The van der Waals surface area contributed by atoms with Crippen LogP contribution in [0, 0.1) is 0 Å². The van der Waals surface area contributed by atoms with E-state index in [9.17, 15) is 19.8 Å². The van der Waals surface area contributed by atoms with Crippen LogP contribution in [-0.2, 0) is 20.4 Å². The number of carboxylic acid groups (broad SMARTS) is 2. The number of rotatable bonds is 22. The normalized spacial score (nSPS) is 13.5. The molecule has 2 unspecified atom stereocenters. The molecular weight excluding hydrogens is 545 g/mol. The Kier molecular flexibility index (Phi) is 23.4. The number of carboxylic acids is 2. The Hall–Kier alpha value is -1.85. The number of hydrogen-bond acceptors (Lipinski definition) is 4. The molecule has 5 heteroatoms. The van der Waals surface area contributed by atoms with Crippen molar-refractivity contribution >= 4 is 35.0 Å². The van der Waals surface area contributed by atoms with Crippen LogP contribution in [0.5, 0.6) is 0 Å². The minimum atomic E-state index is -0.961. The molecule has 0 heterocycles. The molecule has 0 spiro atoms. The summed E-state index contributed by atoms with van der Waals surface area (Å²) in [5.74, 6) is -1.92. The van der Waals surface area contributed by atoms with Crippen molar-refractivity contribution in [2.24, 2.45) is 0 Å². The van der Waals surface area contributed by atoms with E-state index in [0.29, 0.717) is 12.8 Å². The molecule has 2 aromatic rings. The zero-order valence-electron chi connectivity index (χ0n) is 27.8. The van der Waals surface area contributed by atoms with E-state index in [1.165, 1.54) is 77.0 Å². The molecule has 0 fully saturated rings. The summed E-state index contributed by atoms with van der Waals surface area (Å²) in [7, 11) is 0. The van der Waals surface area contributed by atoms with Gasteiger partial charge >= 0.3 is 23.1 Å². The van der Waals surface area contributed by atoms with E-state index in [0.717, 1.165) is 36.8 Å². The van der Waals surface area contributed by atoms with Gasteiger partial charge < -0.3 is 19.8 Å². The summed E-state index contributed by atoms with van der Waals surface area (Å²) in [6.45, 7) is 8.03. The van der Waals surface area contributed by atoms with Gasteiger partial charge in [0.25, 0.3) is 0 Å². The number of hydrogen-bond donors (Lipinski definition) is 0. The topological polar surface area (TPSA) is 80.3 Å². The first-order chi connectivity index (χ1) is 20.2. The van der Waals surface area contributed by atoms with Crippen molar-refractivity contribution in [2.75, 3.05) is 0 Å². The van der Waals surface area contributed by atoms with Crippen molar-refractivity contribution in [3.8, 4) is 0 Å². The van der Waals surface area contributed by atoms with Crippen LogP contribution < -0.4 is 10.2 Å². The van der Waals surface area contributed by atoms with Crippen molar-refractivity contribution in [1.82, 2.24) is 0 Å². The molecule has 0 aromatic heterocycles. The number of aliphatic carboxylic acids is 2. The quantitative estimate of drug-likeness (QED) is 0.101. The van der Waals surface area contributed by atoms with Gasteiger partial charge in [0.1, 0.15) is 0 Å². The molecule has 0 radical (unpaired) electrons. The summed E-state index contributed by atoms with van der Waals surface area (Å²) < 4.78 is 0. The maximum Gasteiger partial charge on any atom is 2.00 e. The third-order valence-electron chi connectivity index (χ3n) is 8.78. The van der Waals surface area contributed by atoms with Crippen LogP contribution in [0.2, 0.25) is 0 Å². The van der Waals surface area contributed by atoms with Gasteiger partial charge in [-0.2, -0.15) is 0 Å². The molecule has 0 N–H and O–H groups in total. The number of carbonyl (C=O) groups is 2. The van der Waals surface area contributed by atoms with E-state index in [1.54, 1.807) is 13.8 Å². The Bertz CT molecular complexity index is 885. The Labute approximate surface area is 279 Å². The zero-order chi connectivity index (χ0) is 31.1. The molecule has 2 atom stereocenters. The Morgan fingerprint density at radius 3 is 1.00 bits per heavy atom. The first kappa shape index (κ1) is 41.1. The summed E-state index contributed by atoms with van der Waals surface area (Å²) in [5.41, 5.74) is -0.00618. The first-order valence-electron chi connectivity index (χ1n) is 16.8. The third kappa shape index (κ3) is 16.1. The number of benzene rings is 2. The van der Waals surface area contributed by atoms with Crippen LogP contribution >= 0.6 is 0 Å². The average molecular weight is 603 g/mol. The maximum absolute atomic E-state index is 11.5. The van der Waals surface area contributed by atoms with Crippen LogP contribution in [0.4, 0.5) is 0 Å². The summed E-state index contributed by atoms with van der Waals surface area (Å²) in [6, 6.07) is 19.0. The molecular formula is C38H58MgO4. The van der Waals surface area contributed by atoms with Crippen LogP contribution in [0.25, 0.3) is 0 Å². The summed E-state index contributed by atoms with van der Waals surface area (Å²) in [4.78, 5) is 23.1. The van der Waals surface area contributed by atoms with Gasteiger partial charge in [-0.3, -0.25) is 0 Å². The van der Waals surface area contributed by atoms with E-state index in [-0.39, 0.29) is 23.1 Å². The Morgan fingerprint density at radius 2 is 0.744 bits per heavy atom. The van der Waals surface area contributed by atoms with Gasteiger partial charge in [-0.25, -0.2) is 0 Å². The van der Waals surface area contributed by atoms with Gasteiger partial charge in [0.05, 0.1) is 11.9 Å². The zero-order valence-corrected chi connectivity index (χ0v) is 29.3. The van der Waals surface area contributed by atoms with Gasteiger partial charge in [-0.1, -0.05) is 191 Å². The Morgan fingerprint density at radius 1 is 0.488 bits per heavy atom. The van der Waals surface area contributed by atoms with Crippen molar-refractivity contribution in [2.45, 2.75) is 154 Å². The third-order valence-corrected chi connectivity index (χ3v) is 8.78. The fourth-order valence-corrected chi connectivity index (χ4v) is 5.57. The fourth-order valence-electron chi connectivity index (χ4n) is 5.57.